The van der Waals surface area contributed by atoms with E-state index in [1.54, 1.807) is 4.80 Å². The lowest BCUT2D eigenvalue weighted by Gasteiger charge is -2.51. The van der Waals surface area contributed by atoms with Crippen molar-refractivity contribution < 1.29 is 5.11 Å². The van der Waals surface area contributed by atoms with Gasteiger partial charge in [0.25, 0.3) is 0 Å². The lowest BCUT2D eigenvalue weighted by molar-refractivity contribution is -0.00355. The van der Waals surface area contributed by atoms with Crippen molar-refractivity contribution in [2.45, 2.75) is 85.5 Å². The van der Waals surface area contributed by atoms with E-state index in [4.69, 9.17) is 10.2 Å². The van der Waals surface area contributed by atoms with E-state index in [1.807, 2.05) is 24.3 Å². The zero-order valence-electron chi connectivity index (χ0n) is 21.7. The van der Waals surface area contributed by atoms with Gasteiger partial charge in [0, 0.05) is 5.56 Å². The molecule has 1 saturated carbocycles. The molecule has 2 unspecified atom stereocenters. The van der Waals surface area contributed by atoms with Gasteiger partial charge in [0.1, 0.15) is 22.5 Å². The number of hydrogen-bond donors (Lipinski definition) is 1. The Morgan fingerprint density at radius 2 is 1.42 bits per heavy atom. The van der Waals surface area contributed by atoms with Crippen LogP contribution >= 0.6 is 0 Å². The summed E-state index contributed by atoms with van der Waals surface area (Å²) in [6.45, 7) is 18.6. The highest BCUT2D eigenvalue weighted by Gasteiger charge is 2.44. The summed E-state index contributed by atoms with van der Waals surface area (Å²) >= 11 is 0. The number of phenols is 1. The molecule has 4 nitrogen and oxygen atoms in total. The monoisotopic (exact) mass is 447 g/mol. The van der Waals surface area contributed by atoms with Crippen LogP contribution < -0.4 is 0 Å². The predicted octanol–water partition coefficient (Wildman–Crippen LogP) is 7.41. The van der Waals surface area contributed by atoms with Crippen molar-refractivity contribution in [3.05, 3.63) is 47.5 Å². The van der Waals surface area contributed by atoms with Gasteiger partial charge in [-0.2, -0.15) is 0 Å². The first kappa shape index (κ1) is 23.8. The summed E-state index contributed by atoms with van der Waals surface area (Å²) in [5.41, 5.74) is 4.51. The molecule has 1 aromatic heterocycles. The minimum absolute atomic E-state index is 0.0144. The SMILES string of the molecule is CCC(C)(CC)c1cc(C(C)(C)CC2C(C)C(C)C2C)cc(-n2nc3ccccc3n2)c1O. The minimum atomic E-state index is -0.108. The van der Waals surface area contributed by atoms with Crippen molar-refractivity contribution in [3.63, 3.8) is 0 Å². The summed E-state index contributed by atoms with van der Waals surface area (Å²) in [6, 6.07) is 12.3. The molecule has 4 heteroatoms. The molecule has 1 N–H and O–H groups in total. The fraction of sp³-hybridized carbons (Fsp3) is 0.586. The molecule has 3 aromatic rings. The van der Waals surface area contributed by atoms with E-state index in [9.17, 15) is 5.11 Å². The molecule has 0 radical (unpaired) electrons. The van der Waals surface area contributed by atoms with Crippen LogP contribution in [-0.2, 0) is 10.8 Å². The molecule has 1 aliphatic rings. The molecule has 1 aliphatic carbocycles. The first-order chi connectivity index (χ1) is 15.5. The lowest BCUT2D eigenvalue weighted by atomic mass is 9.54. The van der Waals surface area contributed by atoms with E-state index in [1.165, 1.54) is 5.56 Å². The molecule has 2 atom stereocenters. The van der Waals surface area contributed by atoms with Crippen molar-refractivity contribution >= 4 is 11.0 Å². The topological polar surface area (TPSA) is 50.9 Å². The highest BCUT2D eigenvalue weighted by Crippen LogP contribution is 2.51. The van der Waals surface area contributed by atoms with Gasteiger partial charge in [-0.15, -0.1) is 15.0 Å². The van der Waals surface area contributed by atoms with Gasteiger partial charge >= 0.3 is 0 Å². The Labute approximate surface area is 199 Å². The first-order valence-electron chi connectivity index (χ1n) is 12.7. The molecule has 4 rings (SSSR count). The highest BCUT2D eigenvalue weighted by molar-refractivity contribution is 5.74. The van der Waals surface area contributed by atoms with Crippen LogP contribution in [0.1, 0.15) is 85.8 Å². The van der Waals surface area contributed by atoms with E-state index >= 15 is 0 Å². The Hall–Kier alpha value is -2.36. The van der Waals surface area contributed by atoms with Crippen LogP contribution in [0.3, 0.4) is 0 Å². The van der Waals surface area contributed by atoms with Crippen LogP contribution in [0.4, 0.5) is 0 Å². The third kappa shape index (κ3) is 3.96. The molecule has 0 aliphatic heterocycles. The molecule has 1 fully saturated rings. The van der Waals surface area contributed by atoms with Gasteiger partial charge in [-0.3, -0.25) is 0 Å². The smallest absolute Gasteiger partial charge is 0.146 e. The lowest BCUT2D eigenvalue weighted by Crippen LogP contribution is -2.44. The third-order valence-corrected chi connectivity index (χ3v) is 9.34. The molecule has 1 heterocycles. The maximum Gasteiger partial charge on any atom is 0.146 e. The molecule has 0 saturated heterocycles. The molecular weight excluding hydrogens is 406 g/mol. The third-order valence-electron chi connectivity index (χ3n) is 9.34. The Morgan fingerprint density at radius 3 is 1.94 bits per heavy atom. The minimum Gasteiger partial charge on any atom is -0.505 e. The molecule has 178 valence electrons. The first-order valence-corrected chi connectivity index (χ1v) is 12.7. The Bertz CT molecular complexity index is 1100. The fourth-order valence-electron chi connectivity index (χ4n) is 5.89. The van der Waals surface area contributed by atoms with Gasteiger partial charge in [0.15, 0.2) is 0 Å². The standard InChI is InChI=1S/C29H41N3O/c1-9-29(8,10-2)23-15-21(28(6,7)17-22-19(4)18(3)20(22)5)16-26(27(23)33)32-30-24-13-11-12-14-25(24)31-32/h11-16,18-20,22,33H,9-10,17H2,1-8H3. The summed E-state index contributed by atoms with van der Waals surface area (Å²) < 4.78 is 0. The predicted molar refractivity (Wildman–Crippen MR) is 137 cm³/mol. The second-order valence-corrected chi connectivity index (χ2v) is 11.5. The van der Waals surface area contributed by atoms with E-state index in [2.05, 4.69) is 67.5 Å². The maximum atomic E-state index is 11.5. The number of hydrogen-bond acceptors (Lipinski definition) is 3. The summed E-state index contributed by atoms with van der Waals surface area (Å²) in [5.74, 6) is 3.33. The van der Waals surface area contributed by atoms with Crippen molar-refractivity contribution in [2.24, 2.45) is 23.7 Å². The van der Waals surface area contributed by atoms with Crippen LogP contribution in [0, 0.1) is 23.7 Å². The quantitative estimate of drug-likeness (QED) is 0.410. The van der Waals surface area contributed by atoms with Gasteiger partial charge in [0.2, 0.25) is 0 Å². The van der Waals surface area contributed by atoms with Crippen molar-refractivity contribution in [1.82, 2.24) is 15.0 Å². The number of rotatable bonds is 7. The highest BCUT2D eigenvalue weighted by atomic mass is 16.3. The average molecular weight is 448 g/mol. The maximum absolute atomic E-state index is 11.5. The largest absolute Gasteiger partial charge is 0.505 e. The van der Waals surface area contributed by atoms with Crippen LogP contribution in [0.15, 0.2) is 36.4 Å². The Kier molecular flexibility index (Phi) is 6.09. The number of fused-ring (bicyclic) bond motifs is 1. The van der Waals surface area contributed by atoms with Crippen molar-refractivity contribution in [1.29, 1.82) is 0 Å². The molecular formula is C29H41N3O. The van der Waals surface area contributed by atoms with Crippen molar-refractivity contribution in [3.8, 4) is 11.4 Å². The number of nitrogens with zero attached hydrogens (tertiary/aromatic N) is 3. The second-order valence-electron chi connectivity index (χ2n) is 11.5. The zero-order chi connectivity index (χ0) is 24.1. The second kappa shape index (κ2) is 8.45. The van der Waals surface area contributed by atoms with Gasteiger partial charge in [-0.05, 0) is 77.5 Å². The van der Waals surface area contributed by atoms with E-state index < -0.39 is 0 Å². The van der Waals surface area contributed by atoms with E-state index in [0.29, 0.717) is 11.4 Å². The van der Waals surface area contributed by atoms with E-state index in [-0.39, 0.29) is 10.8 Å². The average Bonchev–Trinajstić information content (AvgIpc) is 3.25. The Balaban J connectivity index is 1.85. The van der Waals surface area contributed by atoms with E-state index in [0.717, 1.165) is 59.5 Å². The molecule has 0 spiro atoms. The number of aromatic hydroxyl groups is 1. The van der Waals surface area contributed by atoms with Gasteiger partial charge < -0.3 is 5.11 Å². The van der Waals surface area contributed by atoms with Crippen molar-refractivity contribution in [2.75, 3.05) is 0 Å². The number of phenolic OH excluding ortho intramolecular Hbond substituents is 1. The van der Waals surface area contributed by atoms with Crippen LogP contribution in [-0.4, -0.2) is 20.1 Å². The zero-order valence-corrected chi connectivity index (χ0v) is 21.7. The molecule has 2 aromatic carbocycles. The summed E-state index contributed by atoms with van der Waals surface area (Å²) in [4.78, 5) is 1.63. The Morgan fingerprint density at radius 1 is 0.879 bits per heavy atom. The van der Waals surface area contributed by atoms with Gasteiger partial charge in [-0.1, -0.05) is 73.6 Å². The fourth-order valence-corrected chi connectivity index (χ4v) is 5.89. The van der Waals surface area contributed by atoms with Crippen LogP contribution in [0.25, 0.3) is 16.7 Å². The normalized spacial score (nSPS) is 23.6. The van der Waals surface area contributed by atoms with Crippen LogP contribution in [0.2, 0.25) is 0 Å². The van der Waals surface area contributed by atoms with Gasteiger partial charge in [0.05, 0.1) is 0 Å². The number of benzene rings is 2. The molecule has 0 amide bonds. The molecule has 0 bridgehead atoms. The summed E-state index contributed by atoms with van der Waals surface area (Å²) in [6.07, 6.45) is 3.07. The van der Waals surface area contributed by atoms with Gasteiger partial charge in [-0.25, -0.2) is 0 Å². The summed E-state index contributed by atoms with van der Waals surface area (Å²) in [5, 5.41) is 20.9. The van der Waals surface area contributed by atoms with Crippen LogP contribution in [0.5, 0.6) is 5.75 Å². The number of aromatic nitrogens is 3. The molecule has 33 heavy (non-hydrogen) atoms. The summed E-state index contributed by atoms with van der Waals surface area (Å²) in [7, 11) is 0.